The Morgan fingerprint density at radius 2 is 2.03 bits per heavy atom. The monoisotopic (exact) mass is 420 g/mol. The number of hydrogen-bond donors (Lipinski definition) is 2. The highest BCUT2D eigenvalue weighted by Gasteiger charge is 2.17. The van der Waals surface area contributed by atoms with Crippen LogP contribution in [0.5, 0.6) is 0 Å². The summed E-state index contributed by atoms with van der Waals surface area (Å²) in [5, 5.41) is 3.53. The molecular weight excluding hydrogens is 392 g/mol. The number of morpholine rings is 1. The molecule has 2 fully saturated rings. The van der Waals surface area contributed by atoms with Crippen LogP contribution in [0.2, 0.25) is 0 Å². The summed E-state index contributed by atoms with van der Waals surface area (Å²) in [5.74, 6) is 0.788. The van der Waals surface area contributed by atoms with Gasteiger partial charge < -0.3 is 24.7 Å². The van der Waals surface area contributed by atoms with Gasteiger partial charge in [0.2, 0.25) is 0 Å². The van der Waals surface area contributed by atoms with Crippen LogP contribution in [0.25, 0.3) is 22.6 Å². The highest BCUT2D eigenvalue weighted by atomic mass is 16.5. The minimum Gasteiger partial charge on any atom is -0.380 e. The smallest absolute Gasteiger partial charge is 0.156 e. The van der Waals surface area contributed by atoms with Gasteiger partial charge in [-0.05, 0) is 37.1 Å². The number of anilines is 1. The lowest BCUT2D eigenvalue weighted by Gasteiger charge is -2.28. The molecule has 2 N–H and O–H groups in total. The van der Waals surface area contributed by atoms with E-state index in [1.807, 2.05) is 24.7 Å². The number of rotatable bonds is 6. The van der Waals surface area contributed by atoms with Crippen molar-refractivity contribution in [3.05, 3.63) is 48.2 Å². The maximum absolute atomic E-state index is 5.47. The number of aromatic amines is 1. The van der Waals surface area contributed by atoms with Crippen LogP contribution >= 0.6 is 0 Å². The number of hydrogen-bond acceptors (Lipinski definition) is 7. The zero-order valence-corrected chi connectivity index (χ0v) is 17.8. The molecule has 0 amide bonds. The second kappa shape index (κ2) is 9.13. The average Bonchev–Trinajstić information content (AvgIpc) is 3.48. The number of imidazole rings is 1. The van der Waals surface area contributed by atoms with Crippen molar-refractivity contribution < 1.29 is 9.47 Å². The van der Waals surface area contributed by atoms with E-state index in [1.165, 1.54) is 0 Å². The Kier molecular flexibility index (Phi) is 5.93. The molecule has 8 heteroatoms. The molecule has 2 saturated heterocycles. The Labute approximate surface area is 182 Å². The fourth-order valence-corrected chi connectivity index (χ4v) is 4.05. The van der Waals surface area contributed by atoms with Gasteiger partial charge in [0.05, 0.1) is 37.4 Å². The molecule has 162 valence electrons. The third kappa shape index (κ3) is 4.61. The Morgan fingerprint density at radius 1 is 1.13 bits per heavy atom. The Hall–Kier alpha value is -2.81. The van der Waals surface area contributed by atoms with E-state index >= 15 is 0 Å². The number of aryl methyl sites for hydroxylation is 1. The van der Waals surface area contributed by atoms with E-state index in [2.05, 4.69) is 44.2 Å². The maximum Gasteiger partial charge on any atom is 0.156 e. The van der Waals surface area contributed by atoms with Gasteiger partial charge in [0.25, 0.3) is 0 Å². The molecule has 0 bridgehead atoms. The molecule has 0 spiro atoms. The van der Waals surface area contributed by atoms with Gasteiger partial charge in [-0.2, -0.15) is 0 Å². The van der Waals surface area contributed by atoms with Crippen molar-refractivity contribution in [3.63, 3.8) is 0 Å². The molecule has 0 aliphatic carbocycles. The van der Waals surface area contributed by atoms with Crippen LogP contribution in [-0.4, -0.2) is 65.5 Å². The predicted octanol–water partition coefficient (Wildman–Crippen LogP) is 2.56. The van der Waals surface area contributed by atoms with E-state index in [9.17, 15) is 0 Å². The first kappa shape index (κ1) is 20.1. The number of H-pyrrole nitrogens is 1. The summed E-state index contributed by atoms with van der Waals surface area (Å²) < 4.78 is 10.9. The van der Waals surface area contributed by atoms with Crippen molar-refractivity contribution in [2.75, 3.05) is 44.4 Å². The zero-order valence-electron chi connectivity index (χ0n) is 17.8. The molecule has 1 atom stereocenters. The molecule has 2 aliphatic rings. The second-order valence-electron chi connectivity index (χ2n) is 8.06. The molecule has 0 radical (unpaired) electrons. The Bertz CT molecular complexity index is 1020. The lowest BCUT2D eigenvalue weighted by Crippen LogP contribution is -2.36. The normalized spacial score (nSPS) is 19.1. The van der Waals surface area contributed by atoms with Crippen LogP contribution in [0.4, 0.5) is 5.69 Å². The summed E-state index contributed by atoms with van der Waals surface area (Å²) in [5.41, 5.74) is 6.17. The quantitative estimate of drug-likeness (QED) is 0.634. The van der Waals surface area contributed by atoms with Crippen molar-refractivity contribution in [1.82, 2.24) is 25.3 Å². The first-order chi connectivity index (χ1) is 15.3. The molecule has 0 unspecified atom stereocenters. The summed E-state index contributed by atoms with van der Waals surface area (Å²) in [4.78, 5) is 19.5. The third-order valence-electron chi connectivity index (χ3n) is 5.91. The van der Waals surface area contributed by atoms with Crippen LogP contribution in [0.3, 0.4) is 0 Å². The highest BCUT2D eigenvalue weighted by Crippen LogP contribution is 2.27. The summed E-state index contributed by atoms with van der Waals surface area (Å²) in [7, 11) is 0. The van der Waals surface area contributed by atoms with Crippen molar-refractivity contribution in [3.8, 4) is 22.6 Å². The zero-order chi connectivity index (χ0) is 21.0. The number of aromatic nitrogens is 4. The summed E-state index contributed by atoms with van der Waals surface area (Å²) in [6, 6.07) is 6.68. The Morgan fingerprint density at radius 3 is 2.87 bits per heavy atom. The predicted molar refractivity (Wildman–Crippen MR) is 119 cm³/mol. The van der Waals surface area contributed by atoms with E-state index in [4.69, 9.17) is 14.5 Å². The molecule has 5 heterocycles. The summed E-state index contributed by atoms with van der Waals surface area (Å²) in [6.45, 7) is 7.68. The molecule has 3 aromatic heterocycles. The first-order valence-electron chi connectivity index (χ1n) is 10.9. The molecule has 0 saturated carbocycles. The van der Waals surface area contributed by atoms with Gasteiger partial charge in [0.15, 0.2) is 5.82 Å². The lowest BCUT2D eigenvalue weighted by molar-refractivity contribution is 0.122. The fraction of sp³-hybridized carbons (Fsp3) is 0.435. The van der Waals surface area contributed by atoms with Gasteiger partial charge in [-0.25, -0.2) is 4.98 Å². The van der Waals surface area contributed by atoms with Gasteiger partial charge in [0, 0.05) is 55.9 Å². The minimum atomic E-state index is 0.409. The summed E-state index contributed by atoms with van der Waals surface area (Å²) in [6.07, 6.45) is 6.70. The van der Waals surface area contributed by atoms with E-state index in [0.29, 0.717) is 6.04 Å². The first-order valence-corrected chi connectivity index (χ1v) is 10.9. The van der Waals surface area contributed by atoms with E-state index in [0.717, 1.165) is 92.2 Å². The van der Waals surface area contributed by atoms with Crippen molar-refractivity contribution in [2.24, 2.45) is 0 Å². The van der Waals surface area contributed by atoms with E-state index in [-0.39, 0.29) is 0 Å². The topological polar surface area (TPSA) is 88.2 Å². The number of nitrogens with zero attached hydrogens (tertiary/aromatic N) is 4. The van der Waals surface area contributed by atoms with Gasteiger partial charge >= 0.3 is 0 Å². The molecule has 31 heavy (non-hydrogen) atoms. The number of pyridine rings is 2. The summed E-state index contributed by atoms with van der Waals surface area (Å²) >= 11 is 0. The largest absolute Gasteiger partial charge is 0.380 e. The van der Waals surface area contributed by atoms with Gasteiger partial charge in [-0.15, -0.1) is 0 Å². The molecule has 2 aliphatic heterocycles. The second-order valence-corrected chi connectivity index (χ2v) is 8.06. The van der Waals surface area contributed by atoms with Gasteiger partial charge in [0.1, 0.15) is 5.69 Å². The highest BCUT2D eigenvalue weighted by molar-refractivity contribution is 5.70. The van der Waals surface area contributed by atoms with Crippen LogP contribution in [-0.2, 0) is 16.0 Å². The van der Waals surface area contributed by atoms with Crippen LogP contribution in [0, 0.1) is 6.92 Å². The van der Waals surface area contributed by atoms with Crippen LogP contribution < -0.4 is 10.2 Å². The van der Waals surface area contributed by atoms with Crippen molar-refractivity contribution in [1.29, 1.82) is 0 Å². The number of ether oxygens (including phenoxy) is 2. The van der Waals surface area contributed by atoms with Gasteiger partial charge in [-0.1, -0.05) is 0 Å². The van der Waals surface area contributed by atoms with Crippen LogP contribution in [0.1, 0.15) is 17.8 Å². The van der Waals surface area contributed by atoms with Crippen molar-refractivity contribution >= 4 is 5.69 Å². The third-order valence-corrected chi connectivity index (χ3v) is 5.91. The standard InChI is InChI=1S/C23H28N6O2/c1-16-22(14-26-19-3-7-31-15-19)28-23(27-16)21-11-17(2-4-25-21)18-10-20(13-24-12-18)29-5-8-30-9-6-29/h2,4,10-13,19,26H,3,5-9,14-15H2,1H3,(H,27,28)/t19-/m1/s1. The van der Waals surface area contributed by atoms with E-state index < -0.39 is 0 Å². The van der Waals surface area contributed by atoms with E-state index in [1.54, 1.807) is 0 Å². The average molecular weight is 421 g/mol. The molecule has 5 rings (SSSR count). The molecule has 3 aromatic rings. The van der Waals surface area contributed by atoms with Gasteiger partial charge in [-0.3, -0.25) is 9.97 Å². The molecule has 0 aromatic carbocycles. The SMILES string of the molecule is Cc1[nH]c(-c2cc(-c3cncc(N4CCOCC4)c3)ccn2)nc1CN[C@@H]1CCOC1. The van der Waals surface area contributed by atoms with Crippen molar-refractivity contribution in [2.45, 2.75) is 25.9 Å². The lowest BCUT2D eigenvalue weighted by atomic mass is 10.1. The van der Waals surface area contributed by atoms with Crippen LogP contribution in [0.15, 0.2) is 36.8 Å². The molecule has 8 nitrogen and oxygen atoms in total. The Balaban J connectivity index is 1.35. The maximum atomic E-state index is 5.47. The number of nitrogens with one attached hydrogen (secondary N) is 2. The minimum absolute atomic E-state index is 0.409. The molecular formula is C23H28N6O2. The fourth-order valence-electron chi connectivity index (χ4n) is 4.05.